The van der Waals surface area contributed by atoms with E-state index < -0.39 is 85.0 Å². The molecule has 4 amide bonds. The van der Waals surface area contributed by atoms with Crippen LogP contribution in [0.1, 0.15) is 44.9 Å². The number of hydrogen-bond acceptors (Lipinski definition) is 9. The highest BCUT2D eigenvalue weighted by Crippen LogP contribution is 2.40. The van der Waals surface area contributed by atoms with Crippen molar-refractivity contribution in [3.05, 3.63) is 12.2 Å². The van der Waals surface area contributed by atoms with Gasteiger partial charge in [-0.1, -0.05) is 27.7 Å². The van der Waals surface area contributed by atoms with Crippen LogP contribution in [0.15, 0.2) is 12.2 Å². The van der Waals surface area contributed by atoms with Gasteiger partial charge in [-0.05, 0) is 31.8 Å². The third-order valence-electron chi connectivity index (χ3n) is 6.30. The van der Waals surface area contributed by atoms with E-state index in [2.05, 4.69) is 16.0 Å². The molecule has 0 aromatic heterocycles. The molecule has 4 atom stereocenters. The fourth-order valence-electron chi connectivity index (χ4n) is 3.99. The highest BCUT2D eigenvalue weighted by molar-refractivity contribution is 8.76. The Hall–Kier alpha value is -2.46. The molecule has 1 saturated heterocycles. The maximum absolute atomic E-state index is 13.2. The molecule has 3 rings (SSSR count). The SMILES string of the molecule is O=C(CC[C@H]1NC(=O)C[C@H]2/C=C\CCSSCC(NC1=O)C(=O)NC1(CC1)C(O)CC(=O)O2)NCC(F)(F)F. The first-order valence-corrected chi connectivity index (χ1v) is 14.9. The van der Waals surface area contributed by atoms with Crippen LogP contribution in [0.3, 0.4) is 0 Å². The van der Waals surface area contributed by atoms with E-state index >= 15 is 0 Å². The molecule has 1 aliphatic carbocycles. The molecule has 3 aliphatic rings. The summed E-state index contributed by atoms with van der Waals surface area (Å²) in [4.78, 5) is 63.7. The number of amides is 4. The number of nitrogens with one attached hydrogen (secondary N) is 4. The second-order valence-electron chi connectivity index (χ2n) is 9.53. The molecule has 16 heteroatoms. The number of aliphatic hydroxyl groups excluding tert-OH is 1. The minimum atomic E-state index is -4.61. The number of ether oxygens (including phenoxy) is 1. The van der Waals surface area contributed by atoms with Crippen molar-refractivity contribution < 1.29 is 47.0 Å². The van der Waals surface area contributed by atoms with E-state index in [1.165, 1.54) is 27.7 Å². The lowest BCUT2D eigenvalue weighted by molar-refractivity contribution is -0.151. The van der Waals surface area contributed by atoms with Gasteiger partial charge >= 0.3 is 12.1 Å². The van der Waals surface area contributed by atoms with E-state index in [9.17, 15) is 42.3 Å². The summed E-state index contributed by atoms with van der Waals surface area (Å²) in [7, 11) is 2.77. The summed E-state index contributed by atoms with van der Waals surface area (Å²) in [6.07, 6.45) is -3.86. The molecule has 0 radical (unpaired) electrons. The second kappa shape index (κ2) is 13.7. The Labute approximate surface area is 230 Å². The normalized spacial score (nSPS) is 29.4. The zero-order valence-corrected chi connectivity index (χ0v) is 22.5. The number of carbonyl (C=O) groups excluding carboxylic acids is 5. The highest BCUT2D eigenvalue weighted by atomic mass is 33.1. The molecule has 0 aromatic rings. The molecule has 11 nitrogen and oxygen atoms in total. The van der Waals surface area contributed by atoms with Crippen LogP contribution in [0.4, 0.5) is 13.2 Å². The van der Waals surface area contributed by atoms with E-state index in [1.54, 1.807) is 11.4 Å². The van der Waals surface area contributed by atoms with E-state index in [0.29, 0.717) is 25.0 Å². The molecule has 0 aromatic carbocycles. The van der Waals surface area contributed by atoms with Crippen molar-refractivity contribution in [1.82, 2.24) is 21.3 Å². The van der Waals surface area contributed by atoms with Gasteiger partial charge in [0, 0.05) is 17.9 Å². The van der Waals surface area contributed by atoms with Crippen LogP contribution >= 0.6 is 21.6 Å². The van der Waals surface area contributed by atoms with Gasteiger partial charge in [0.05, 0.1) is 24.5 Å². The molecule has 1 spiro atoms. The Bertz CT molecular complexity index is 978. The lowest BCUT2D eigenvalue weighted by Gasteiger charge is -2.27. The van der Waals surface area contributed by atoms with E-state index in [1.807, 2.05) is 0 Å². The summed E-state index contributed by atoms with van der Waals surface area (Å²) in [5.74, 6) is -3.12. The van der Waals surface area contributed by atoms with Crippen molar-refractivity contribution in [2.75, 3.05) is 18.1 Å². The highest BCUT2D eigenvalue weighted by Gasteiger charge is 2.51. The number of halogens is 3. The Morgan fingerprint density at radius 3 is 2.56 bits per heavy atom. The summed E-state index contributed by atoms with van der Waals surface area (Å²) in [5, 5.41) is 20.2. The Balaban J connectivity index is 1.86. The van der Waals surface area contributed by atoms with Crippen LogP contribution < -0.4 is 21.3 Å². The molecule has 2 bridgehead atoms. The molecular weight excluding hydrogens is 565 g/mol. The maximum Gasteiger partial charge on any atom is 0.405 e. The monoisotopic (exact) mass is 596 g/mol. The van der Waals surface area contributed by atoms with Crippen molar-refractivity contribution in [2.45, 2.75) is 81.0 Å². The topological polar surface area (TPSA) is 163 Å². The van der Waals surface area contributed by atoms with Crippen molar-refractivity contribution >= 4 is 51.2 Å². The lowest BCUT2D eigenvalue weighted by atomic mass is 10.0. The number of fused-ring (bicyclic) bond motifs is 7. The molecule has 2 aliphatic heterocycles. The smallest absolute Gasteiger partial charge is 0.405 e. The van der Waals surface area contributed by atoms with Gasteiger partial charge in [-0.15, -0.1) is 0 Å². The molecule has 2 heterocycles. The van der Waals surface area contributed by atoms with Crippen LogP contribution in [0.25, 0.3) is 0 Å². The number of esters is 1. The summed E-state index contributed by atoms with van der Waals surface area (Å²) < 4.78 is 42.7. The molecule has 218 valence electrons. The molecule has 2 fully saturated rings. The average Bonchev–Trinajstić information content (AvgIpc) is 3.62. The first kappa shape index (κ1) is 31.1. The van der Waals surface area contributed by atoms with Crippen LogP contribution in [-0.2, 0) is 28.7 Å². The number of aliphatic hydroxyl groups is 1. The van der Waals surface area contributed by atoms with Gasteiger partial charge in [-0.3, -0.25) is 24.0 Å². The second-order valence-corrected chi connectivity index (χ2v) is 12.2. The summed E-state index contributed by atoms with van der Waals surface area (Å²) in [5.41, 5.74) is -1.05. The number of alkyl halides is 3. The van der Waals surface area contributed by atoms with E-state index in [4.69, 9.17) is 4.74 Å². The predicted molar refractivity (Wildman–Crippen MR) is 136 cm³/mol. The molecule has 39 heavy (non-hydrogen) atoms. The zero-order valence-electron chi connectivity index (χ0n) is 20.9. The quantitative estimate of drug-likeness (QED) is 0.176. The Kier molecular flexibility index (Phi) is 11.0. The van der Waals surface area contributed by atoms with E-state index in [0.717, 1.165) is 0 Å². The van der Waals surface area contributed by atoms with Gasteiger partial charge in [-0.25, -0.2) is 0 Å². The van der Waals surface area contributed by atoms with Gasteiger partial charge in [-0.2, -0.15) is 13.2 Å². The fraction of sp³-hybridized carbons (Fsp3) is 0.696. The minimum Gasteiger partial charge on any atom is -0.457 e. The Morgan fingerprint density at radius 2 is 1.87 bits per heavy atom. The molecule has 1 saturated carbocycles. The van der Waals surface area contributed by atoms with Crippen LogP contribution in [0.5, 0.6) is 0 Å². The number of allylic oxidation sites excluding steroid dienone is 1. The number of hydrogen-bond donors (Lipinski definition) is 5. The lowest BCUT2D eigenvalue weighted by Crippen LogP contribution is -2.58. The summed E-state index contributed by atoms with van der Waals surface area (Å²) in [6.45, 7) is -1.54. The van der Waals surface area contributed by atoms with Gasteiger partial charge in [0.25, 0.3) is 0 Å². The van der Waals surface area contributed by atoms with Crippen molar-refractivity contribution in [2.24, 2.45) is 0 Å². The van der Waals surface area contributed by atoms with Crippen LogP contribution in [0, 0.1) is 0 Å². The summed E-state index contributed by atoms with van der Waals surface area (Å²) >= 11 is 0. The minimum absolute atomic E-state index is 0.134. The number of rotatable bonds is 4. The molecule has 5 N–H and O–H groups in total. The fourth-order valence-corrected chi connectivity index (χ4v) is 6.15. The third-order valence-corrected chi connectivity index (χ3v) is 8.74. The maximum atomic E-state index is 13.2. The van der Waals surface area contributed by atoms with Crippen LogP contribution in [-0.4, -0.2) is 88.8 Å². The Morgan fingerprint density at radius 1 is 1.13 bits per heavy atom. The van der Waals surface area contributed by atoms with Gasteiger partial charge < -0.3 is 31.1 Å². The van der Waals surface area contributed by atoms with Gasteiger partial charge in [0.2, 0.25) is 23.6 Å². The first-order chi connectivity index (χ1) is 18.4. The largest absolute Gasteiger partial charge is 0.457 e. The standard InChI is InChI=1S/C23H31F3N4O7S2/c24-23(25,26)12-27-17(32)5-4-14-20(35)29-15-11-39-38-8-2-1-3-13(9-18(33)28-14)37-19(34)10-16(31)22(6-7-22)30-21(15)36/h1,3,13-16,31H,2,4-12H2,(H,27,32)(H,28,33)(H,29,35)(H,30,36)/b3-1-/t13-,14-,15?,16?/m1/s1. The summed E-state index contributed by atoms with van der Waals surface area (Å²) in [6, 6.07) is -2.46. The first-order valence-electron chi connectivity index (χ1n) is 12.4. The van der Waals surface area contributed by atoms with Crippen molar-refractivity contribution in [1.29, 1.82) is 0 Å². The van der Waals surface area contributed by atoms with Crippen molar-refractivity contribution in [3.63, 3.8) is 0 Å². The van der Waals surface area contributed by atoms with Gasteiger partial charge in [0.1, 0.15) is 24.7 Å². The third kappa shape index (κ3) is 10.2. The molecule has 2 unspecified atom stereocenters. The number of carbonyl (C=O) groups is 5. The zero-order chi connectivity index (χ0) is 28.6. The van der Waals surface area contributed by atoms with Gasteiger partial charge in [0.15, 0.2) is 0 Å². The van der Waals surface area contributed by atoms with Crippen LogP contribution in [0.2, 0.25) is 0 Å². The average molecular weight is 597 g/mol. The van der Waals surface area contributed by atoms with E-state index in [-0.39, 0.29) is 18.6 Å². The van der Waals surface area contributed by atoms with Crippen molar-refractivity contribution in [3.8, 4) is 0 Å². The molecular formula is C23H31F3N4O7S2. The predicted octanol–water partition coefficient (Wildman–Crippen LogP) is 0.471.